The number of hydrogen-bond acceptors (Lipinski definition) is 5. The van der Waals surface area contributed by atoms with Crippen molar-refractivity contribution in [1.29, 1.82) is 0 Å². The predicted octanol–water partition coefficient (Wildman–Crippen LogP) is 1.20. The number of nitrogen functional groups attached to an aromatic ring is 1. The third kappa shape index (κ3) is 3.50. The molecule has 0 aliphatic heterocycles. The molecular weight excluding hydrogens is 259 g/mol. The molecule has 0 spiro atoms. The summed E-state index contributed by atoms with van der Waals surface area (Å²) in [6.07, 6.45) is 1.37. The summed E-state index contributed by atoms with van der Waals surface area (Å²) < 4.78 is 0. The average Bonchev–Trinajstić information content (AvgIpc) is 2.42. The minimum Gasteiger partial charge on any atom is -0.423 e. The van der Waals surface area contributed by atoms with Crippen molar-refractivity contribution < 1.29 is 10.0 Å². The lowest BCUT2D eigenvalue weighted by molar-refractivity contribution is 0.425. The SMILES string of the molecule is CC(Sc1cc(B(O)O)cnc1N)c1ccccc1. The van der Waals surface area contributed by atoms with Crippen LogP contribution in [0.15, 0.2) is 47.5 Å². The molecular formula is C13H15BN2O2S. The Balaban J connectivity index is 2.21. The van der Waals surface area contributed by atoms with Crippen molar-refractivity contribution in [1.82, 2.24) is 4.98 Å². The van der Waals surface area contributed by atoms with Gasteiger partial charge < -0.3 is 15.8 Å². The van der Waals surface area contributed by atoms with Crippen molar-refractivity contribution in [2.75, 3.05) is 5.73 Å². The minimum atomic E-state index is -1.53. The molecule has 4 nitrogen and oxygen atoms in total. The van der Waals surface area contributed by atoms with E-state index in [4.69, 9.17) is 15.8 Å². The number of thioether (sulfide) groups is 1. The van der Waals surface area contributed by atoms with Gasteiger partial charge in [-0.25, -0.2) is 4.98 Å². The second-order valence-corrected chi connectivity index (χ2v) is 5.58. The van der Waals surface area contributed by atoms with Gasteiger partial charge in [-0.2, -0.15) is 0 Å². The van der Waals surface area contributed by atoms with Gasteiger partial charge in [0.2, 0.25) is 0 Å². The Labute approximate surface area is 116 Å². The molecule has 2 aromatic rings. The third-order valence-electron chi connectivity index (χ3n) is 2.77. The van der Waals surface area contributed by atoms with Gasteiger partial charge in [0.1, 0.15) is 5.82 Å². The molecule has 0 radical (unpaired) electrons. The van der Waals surface area contributed by atoms with Crippen LogP contribution in [-0.2, 0) is 0 Å². The van der Waals surface area contributed by atoms with Crippen molar-refractivity contribution >= 4 is 30.2 Å². The van der Waals surface area contributed by atoms with E-state index >= 15 is 0 Å². The van der Waals surface area contributed by atoms with Gasteiger partial charge in [0.05, 0.1) is 0 Å². The lowest BCUT2D eigenvalue weighted by Crippen LogP contribution is -2.30. The fraction of sp³-hybridized carbons (Fsp3) is 0.154. The molecule has 0 saturated carbocycles. The standard InChI is InChI=1S/C13H15BN2O2S/c1-9(10-5-3-2-4-6-10)19-12-7-11(14(17)18)8-16-13(12)15/h2-9,17-18H,1H3,(H2,15,16). The first-order chi connectivity index (χ1) is 9.08. The fourth-order valence-electron chi connectivity index (χ4n) is 1.69. The molecule has 0 fully saturated rings. The molecule has 19 heavy (non-hydrogen) atoms. The van der Waals surface area contributed by atoms with E-state index in [2.05, 4.69) is 11.9 Å². The number of aromatic nitrogens is 1. The lowest BCUT2D eigenvalue weighted by Gasteiger charge is -2.13. The third-order valence-corrected chi connectivity index (χ3v) is 3.98. The maximum atomic E-state index is 9.16. The van der Waals surface area contributed by atoms with Crippen LogP contribution in [0.4, 0.5) is 5.82 Å². The van der Waals surface area contributed by atoms with Gasteiger partial charge in [0, 0.05) is 21.8 Å². The van der Waals surface area contributed by atoms with Gasteiger partial charge in [-0.1, -0.05) is 30.3 Å². The minimum absolute atomic E-state index is 0.205. The van der Waals surface area contributed by atoms with Crippen molar-refractivity contribution in [2.45, 2.75) is 17.1 Å². The molecule has 0 aliphatic carbocycles. The summed E-state index contributed by atoms with van der Waals surface area (Å²) in [6.45, 7) is 2.07. The highest BCUT2D eigenvalue weighted by Gasteiger charge is 2.16. The van der Waals surface area contributed by atoms with E-state index in [-0.39, 0.29) is 5.25 Å². The smallest absolute Gasteiger partial charge is 0.423 e. The second kappa shape index (κ2) is 6.10. The first-order valence-corrected chi connectivity index (χ1v) is 6.79. The number of nitrogens with zero attached hydrogens (tertiary/aromatic N) is 1. The van der Waals surface area contributed by atoms with Crippen LogP contribution in [0.25, 0.3) is 0 Å². The highest BCUT2D eigenvalue weighted by molar-refractivity contribution is 7.99. The molecule has 0 amide bonds. The highest BCUT2D eigenvalue weighted by atomic mass is 32.2. The first kappa shape index (κ1) is 13.9. The molecule has 1 heterocycles. The molecule has 0 saturated heterocycles. The predicted molar refractivity (Wildman–Crippen MR) is 79.2 cm³/mol. The quantitative estimate of drug-likeness (QED) is 0.576. The van der Waals surface area contributed by atoms with Crippen LogP contribution in [0, 0.1) is 0 Å². The summed E-state index contributed by atoms with van der Waals surface area (Å²) in [5.74, 6) is 0.400. The molecule has 1 atom stereocenters. The normalized spacial score (nSPS) is 12.2. The number of anilines is 1. The van der Waals surface area contributed by atoms with Gasteiger partial charge in [-0.15, -0.1) is 11.8 Å². The molecule has 1 aromatic carbocycles. The van der Waals surface area contributed by atoms with E-state index in [0.717, 1.165) is 4.90 Å². The van der Waals surface area contributed by atoms with Gasteiger partial charge >= 0.3 is 7.12 Å². The van der Waals surface area contributed by atoms with Gasteiger partial charge in [-0.3, -0.25) is 0 Å². The Bertz CT molecular complexity index is 552. The van der Waals surface area contributed by atoms with Crippen molar-refractivity contribution in [3.05, 3.63) is 48.2 Å². The number of rotatable bonds is 4. The van der Waals surface area contributed by atoms with E-state index in [1.165, 1.54) is 11.8 Å². The van der Waals surface area contributed by atoms with Crippen LogP contribution in [0.1, 0.15) is 17.7 Å². The maximum absolute atomic E-state index is 9.16. The van der Waals surface area contributed by atoms with Crippen LogP contribution in [0.5, 0.6) is 0 Å². The first-order valence-electron chi connectivity index (χ1n) is 5.91. The van der Waals surface area contributed by atoms with Crippen LogP contribution < -0.4 is 11.2 Å². The maximum Gasteiger partial charge on any atom is 0.490 e. The number of pyridine rings is 1. The van der Waals surface area contributed by atoms with Crippen LogP contribution in [0.2, 0.25) is 0 Å². The largest absolute Gasteiger partial charge is 0.490 e. The average molecular weight is 274 g/mol. The summed E-state index contributed by atoms with van der Waals surface area (Å²) in [7, 11) is -1.53. The zero-order chi connectivity index (χ0) is 13.8. The van der Waals surface area contributed by atoms with Gasteiger partial charge in [-0.05, 0) is 18.6 Å². The van der Waals surface area contributed by atoms with Crippen molar-refractivity contribution in [3.8, 4) is 0 Å². The molecule has 1 unspecified atom stereocenters. The van der Waals surface area contributed by atoms with Crippen LogP contribution >= 0.6 is 11.8 Å². The van der Waals surface area contributed by atoms with E-state index < -0.39 is 7.12 Å². The van der Waals surface area contributed by atoms with Gasteiger partial charge in [0.25, 0.3) is 0 Å². The Hall–Kier alpha value is -1.50. The molecule has 6 heteroatoms. The topological polar surface area (TPSA) is 79.4 Å². The Kier molecular flexibility index (Phi) is 4.47. The zero-order valence-corrected chi connectivity index (χ0v) is 11.3. The Morgan fingerprint density at radius 2 is 1.95 bits per heavy atom. The van der Waals surface area contributed by atoms with Crippen molar-refractivity contribution in [2.24, 2.45) is 0 Å². The van der Waals surface area contributed by atoms with Crippen LogP contribution in [-0.4, -0.2) is 22.2 Å². The summed E-state index contributed by atoms with van der Waals surface area (Å²) in [5, 5.41) is 18.5. The fourth-order valence-corrected chi connectivity index (χ4v) is 2.74. The van der Waals surface area contributed by atoms with E-state index in [9.17, 15) is 0 Å². The number of hydrogen-bond donors (Lipinski definition) is 3. The summed E-state index contributed by atoms with van der Waals surface area (Å²) in [5.41, 5.74) is 7.35. The van der Waals surface area contributed by atoms with E-state index in [0.29, 0.717) is 11.3 Å². The molecule has 4 N–H and O–H groups in total. The Morgan fingerprint density at radius 3 is 2.58 bits per heavy atom. The Morgan fingerprint density at radius 1 is 1.26 bits per heavy atom. The highest BCUT2D eigenvalue weighted by Crippen LogP contribution is 2.36. The van der Waals surface area contributed by atoms with Gasteiger partial charge in [0.15, 0.2) is 0 Å². The number of nitrogens with two attached hydrogens (primary N) is 1. The van der Waals surface area contributed by atoms with E-state index in [1.54, 1.807) is 17.8 Å². The summed E-state index contributed by atoms with van der Waals surface area (Å²) in [6, 6.07) is 11.7. The summed E-state index contributed by atoms with van der Waals surface area (Å²) >= 11 is 1.55. The monoisotopic (exact) mass is 274 g/mol. The molecule has 0 aliphatic rings. The second-order valence-electron chi connectivity index (χ2n) is 4.20. The van der Waals surface area contributed by atoms with Crippen LogP contribution in [0.3, 0.4) is 0 Å². The molecule has 0 bridgehead atoms. The van der Waals surface area contributed by atoms with E-state index in [1.807, 2.05) is 30.3 Å². The van der Waals surface area contributed by atoms with Crippen molar-refractivity contribution in [3.63, 3.8) is 0 Å². The molecule has 98 valence electrons. The lowest BCUT2D eigenvalue weighted by atomic mass is 9.82. The zero-order valence-electron chi connectivity index (χ0n) is 10.5. The number of benzene rings is 1. The molecule has 2 rings (SSSR count). The molecule has 1 aromatic heterocycles. The summed E-state index contributed by atoms with van der Waals surface area (Å²) in [4.78, 5) is 4.74.